The van der Waals surface area contributed by atoms with E-state index in [0.717, 1.165) is 41.5 Å². The summed E-state index contributed by atoms with van der Waals surface area (Å²) in [6.07, 6.45) is 18.8. The summed E-state index contributed by atoms with van der Waals surface area (Å²) in [7, 11) is 0. The first-order valence-corrected chi connectivity index (χ1v) is 29.3. The number of nitrogens with zero attached hydrogens (tertiary/aromatic N) is 3. The monoisotopic (exact) mass is 1030 g/mol. The molecule has 12 rings (SSSR count). The fourth-order valence-corrected chi connectivity index (χ4v) is 15.1. The third-order valence-electron chi connectivity index (χ3n) is 20.0. The van der Waals surface area contributed by atoms with Gasteiger partial charge in [-0.1, -0.05) is 232 Å². The van der Waals surface area contributed by atoms with Crippen LogP contribution in [0, 0.1) is 38.9 Å². The van der Waals surface area contributed by atoms with E-state index in [0.29, 0.717) is 5.92 Å². The van der Waals surface area contributed by atoms with Gasteiger partial charge in [-0.25, -0.2) is 0 Å². The molecule has 5 atom stereocenters. The summed E-state index contributed by atoms with van der Waals surface area (Å²) in [5.41, 5.74) is 18.8. The Labute approximate surface area is 468 Å². The zero-order chi connectivity index (χ0) is 55.3. The first-order valence-electron chi connectivity index (χ1n) is 29.3. The van der Waals surface area contributed by atoms with E-state index in [1.54, 1.807) is 5.57 Å². The SMILES string of the molecule is CC1C=C(N2c3cc(N(c4ccccc4)c4ccccc4)cc4c3B(c3c2oc2c3C=C3C(C)(C)CCC(C)(C)C3(C)C2)[C@@]2(C)C=C(C(C)(C)C)C=CC2N4c2ccc(C(C)(C)C)cc2)C(c2ccccc2)=CC1C(C)(C)C. The number of benzene rings is 5. The van der Waals surface area contributed by atoms with Crippen LogP contribution in [0.15, 0.2) is 179 Å². The van der Waals surface area contributed by atoms with Crippen molar-refractivity contribution in [2.75, 3.05) is 14.7 Å². The van der Waals surface area contributed by atoms with Crippen LogP contribution in [0.4, 0.5) is 40.0 Å². The molecule has 1 saturated carbocycles. The molecule has 1 fully saturated rings. The van der Waals surface area contributed by atoms with Crippen molar-refractivity contribution in [3.8, 4) is 0 Å². The van der Waals surface area contributed by atoms with Gasteiger partial charge in [-0.2, -0.15) is 0 Å². The van der Waals surface area contributed by atoms with E-state index in [1.165, 1.54) is 67.9 Å². The Morgan fingerprint density at radius 2 is 1.26 bits per heavy atom. The van der Waals surface area contributed by atoms with Gasteiger partial charge in [0.2, 0.25) is 6.71 Å². The summed E-state index contributed by atoms with van der Waals surface area (Å²) in [4.78, 5) is 7.83. The van der Waals surface area contributed by atoms with Crippen molar-refractivity contribution in [3.63, 3.8) is 0 Å². The molecule has 6 aliphatic rings. The predicted molar refractivity (Wildman–Crippen MR) is 334 cm³/mol. The average molecular weight is 1030 g/mol. The normalized spacial score (nSPS) is 24.9. The summed E-state index contributed by atoms with van der Waals surface area (Å²) < 4.78 is 8.03. The Kier molecular flexibility index (Phi) is 11.9. The van der Waals surface area contributed by atoms with Gasteiger partial charge in [0.25, 0.3) is 0 Å². The van der Waals surface area contributed by atoms with Gasteiger partial charge >= 0.3 is 0 Å². The zero-order valence-corrected chi connectivity index (χ0v) is 49.8. The average Bonchev–Trinajstić information content (AvgIpc) is 3.14. The molecule has 6 aromatic rings. The second kappa shape index (κ2) is 17.8. The maximum absolute atomic E-state index is 8.03. The molecule has 4 aliphatic carbocycles. The molecule has 4 unspecified atom stereocenters. The van der Waals surface area contributed by atoms with Crippen LogP contribution in [0.25, 0.3) is 11.6 Å². The number of rotatable bonds is 6. The Balaban J connectivity index is 1.25. The third kappa shape index (κ3) is 8.12. The van der Waals surface area contributed by atoms with E-state index in [9.17, 15) is 0 Å². The number of para-hydroxylation sites is 2. The van der Waals surface area contributed by atoms with Gasteiger partial charge in [0.15, 0.2) is 5.88 Å². The molecule has 2 aliphatic heterocycles. The molecule has 0 amide bonds. The zero-order valence-electron chi connectivity index (χ0n) is 49.8. The third-order valence-corrected chi connectivity index (χ3v) is 20.0. The quantitative estimate of drug-likeness (QED) is 0.155. The summed E-state index contributed by atoms with van der Waals surface area (Å²) in [5, 5.41) is -0.426. The second-order valence-electron chi connectivity index (χ2n) is 29.1. The number of furan rings is 1. The molecule has 1 aromatic heterocycles. The van der Waals surface area contributed by atoms with Gasteiger partial charge in [0, 0.05) is 51.4 Å². The van der Waals surface area contributed by atoms with Crippen molar-refractivity contribution in [2.24, 2.45) is 38.9 Å². The summed E-state index contributed by atoms with van der Waals surface area (Å²) >= 11 is 0. The highest BCUT2D eigenvalue weighted by Gasteiger charge is 2.61. The Morgan fingerprint density at radius 3 is 1.85 bits per heavy atom. The van der Waals surface area contributed by atoms with Gasteiger partial charge in [0.05, 0.1) is 17.4 Å². The van der Waals surface area contributed by atoms with Crippen LogP contribution >= 0.6 is 0 Å². The Hall–Kier alpha value is -6.46. The maximum Gasteiger partial charge on any atom is 0.234 e. The molecular weight excluding hydrogens is 946 g/mol. The smallest absolute Gasteiger partial charge is 0.234 e. The van der Waals surface area contributed by atoms with Gasteiger partial charge < -0.3 is 14.2 Å². The Bertz CT molecular complexity index is 3450. The molecule has 0 N–H and O–H groups in total. The minimum Gasteiger partial charge on any atom is -0.445 e. The lowest BCUT2D eigenvalue weighted by Crippen LogP contribution is -2.66. The van der Waals surface area contributed by atoms with Gasteiger partial charge in [-0.3, -0.25) is 4.90 Å². The molecule has 0 bridgehead atoms. The van der Waals surface area contributed by atoms with Crippen molar-refractivity contribution in [1.29, 1.82) is 0 Å². The highest BCUT2D eigenvalue weighted by atomic mass is 16.4. The van der Waals surface area contributed by atoms with Crippen LogP contribution in [0.3, 0.4) is 0 Å². The molecule has 0 saturated heterocycles. The lowest BCUT2D eigenvalue weighted by atomic mass is 9.22. The molecule has 5 aromatic carbocycles. The molecule has 4 nitrogen and oxygen atoms in total. The fourth-order valence-electron chi connectivity index (χ4n) is 15.1. The van der Waals surface area contributed by atoms with E-state index in [1.807, 2.05) is 0 Å². The maximum atomic E-state index is 8.03. The first-order chi connectivity index (χ1) is 36.7. The molecular formula is C73H84BN3O. The standard InChI is InChI=1S/C73H84BN3O/c1-47-40-58(55(43-57(47)69(8,9)10)48-26-20-17-21-27-48)77-60-42-54(75(51-28-22-18-23-29-51)52-30-24-19-25-31-52)41-59-65(60)74(64-56-44-62-70(11,12)38-39-71(13,14)72(62,15)46-61(56)78-66(64)77)73(16)45-50(68(5,6)7)34-37-63(73)76(59)53-35-32-49(33-36-53)67(2,3)4/h17-37,40-45,47,57,63H,38-39,46H2,1-16H3/t47?,57?,63?,72?,73-/m0/s1. The van der Waals surface area contributed by atoms with E-state index >= 15 is 0 Å². The molecule has 400 valence electrons. The second-order valence-corrected chi connectivity index (χ2v) is 29.1. The minimum atomic E-state index is -0.426. The minimum absolute atomic E-state index is 0.00485. The van der Waals surface area contributed by atoms with Crippen LogP contribution in [-0.4, -0.2) is 12.8 Å². The van der Waals surface area contributed by atoms with E-state index in [2.05, 4.69) is 289 Å². The van der Waals surface area contributed by atoms with Crippen molar-refractivity contribution in [2.45, 2.75) is 147 Å². The van der Waals surface area contributed by atoms with Crippen LogP contribution in [0.2, 0.25) is 5.31 Å². The van der Waals surface area contributed by atoms with Gasteiger partial charge in [-0.15, -0.1) is 0 Å². The summed E-state index contributed by atoms with van der Waals surface area (Å²) in [5.74, 6) is 2.65. The van der Waals surface area contributed by atoms with E-state index in [-0.39, 0.29) is 51.2 Å². The molecule has 3 heterocycles. The van der Waals surface area contributed by atoms with Crippen LogP contribution in [0.5, 0.6) is 0 Å². The molecule has 78 heavy (non-hydrogen) atoms. The number of allylic oxidation sites excluding steroid dienone is 6. The summed E-state index contributed by atoms with van der Waals surface area (Å²) in [6.45, 7) is 38.9. The number of fused-ring (bicyclic) bond motifs is 7. The number of anilines is 7. The van der Waals surface area contributed by atoms with Gasteiger partial charge in [0.1, 0.15) is 5.76 Å². The largest absolute Gasteiger partial charge is 0.445 e. The van der Waals surface area contributed by atoms with Gasteiger partial charge in [-0.05, 0) is 133 Å². The molecule has 5 heteroatoms. The lowest BCUT2D eigenvalue weighted by molar-refractivity contribution is 0.0358. The highest BCUT2D eigenvalue weighted by Crippen LogP contribution is 2.65. The molecule has 0 spiro atoms. The van der Waals surface area contributed by atoms with E-state index in [4.69, 9.17) is 4.42 Å². The van der Waals surface area contributed by atoms with E-state index < -0.39 is 5.31 Å². The highest BCUT2D eigenvalue weighted by molar-refractivity contribution is 6.93. The van der Waals surface area contributed by atoms with Crippen molar-refractivity contribution in [1.82, 2.24) is 0 Å². The summed E-state index contributed by atoms with van der Waals surface area (Å²) in [6, 6.07) is 47.7. The first kappa shape index (κ1) is 52.3. The van der Waals surface area contributed by atoms with Crippen molar-refractivity contribution < 1.29 is 4.42 Å². The predicted octanol–water partition coefficient (Wildman–Crippen LogP) is 19.0. The van der Waals surface area contributed by atoms with Crippen molar-refractivity contribution in [3.05, 3.63) is 197 Å². The number of hydrogen-bond acceptors (Lipinski definition) is 4. The van der Waals surface area contributed by atoms with Crippen molar-refractivity contribution >= 4 is 69.3 Å². The fraction of sp³-hybridized carbons (Fsp3) is 0.397. The topological polar surface area (TPSA) is 22.9 Å². The Morgan fingerprint density at radius 1 is 0.654 bits per heavy atom. The van der Waals surface area contributed by atoms with Crippen LogP contribution in [0.1, 0.15) is 146 Å². The van der Waals surface area contributed by atoms with Crippen LogP contribution < -0.4 is 25.6 Å². The number of hydrogen-bond donors (Lipinski definition) is 0. The molecule has 0 radical (unpaired) electrons. The van der Waals surface area contributed by atoms with Crippen LogP contribution in [-0.2, 0) is 11.8 Å². The lowest BCUT2D eigenvalue weighted by Gasteiger charge is -2.57.